The molecule has 0 unspecified atom stereocenters. The molecule has 0 aliphatic rings. The maximum atomic E-state index is 2.49. The smallest absolute Gasteiger partial charge is 0.230 e. The molecule has 0 bridgehead atoms. The molecule has 0 amide bonds. The van der Waals surface area contributed by atoms with Crippen LogP contribution >= 0.6 is 0 Å². The molecule has 0 saturated heterocycles. The number of benzene rings is 1. The maximum absolute atomic E-state index is 2.49. The average Bonchev–Trinajstić information content (AvgIpc) is 3.25. The molecule has 0 atom stereocenters. The van der Waals surface area contributed by atoms with Crippen molar-refractivity contribution in [2.24, 2.45) is 0 Å². The molecule has 1 heterocycles. The summed E-state index contributed by atoms with van der Waals surface area (Å²) in [5.41, 5.74) is 1.35. The Morgan fingerprint density at radius 2 is 1.06 bits per heavy atom. The van der Waals surface area contributed by atoms with Crippen LogP contribution in [0.25, 0.3) is 11.4 Å². The molecule has 2 heteroatoms. The van der Waals surface area contributed by atoms with Crippen LogP contribution in [0.1, 0.15) is 129 Å². The van der Waals surface area contributed by atoms with Crippen LogP contribution in [0, 0.1) is 0 Å². The summed E-state index contributed by atoms with van der Waals surface area (Å²) < 4.78 is 4.96. The number of aromatic nitrogens is 2. The van der Waals surface area contributed by atoms with Crippen LogP contribution in [-0.4, -0.2) is 4.57 Å². The first kappa shape index (κ1) is 27.7. The SMILES string of the molecule is CCCCCCCCCCCCCCCCCn1cc[n+](CCCCC)c1-c1ccccc1. The largest absolute Gasteiger partial charge is 0.288 e. The van der Waals surface area contributed by atoms with Crippen molar-refractivity contribution in [1.82, 2.24) is 4.57 Å². The summed E-state index contributed by atoms with van der Waals surface area (Å²) in [6.45, 7) is 6.85. The van der Waals surface area contributed by atoms with E-state index in [4.69, 9.17) is 0 Å². The molecule has 0 saturated carbocycles. The zero-order chi connectivity index (χ0) is 23.4. The molecule has 33 heavy (non-hydrogen) atoms. The van der Waals surface area contributed by atoms with Gasteiger partial charge in [0.1, 0.15) is 12.4 Å². The Hall–Kier alpha value is -1.57. The van der Waals surface area contributed by atoms with Crippen LogP contribution in [0.4, 0.5) is 0 Å². The second-order valence-electron chi connectivity index (χ2n) is 10.0. The molecule has 186 valence electrons. The van der Waals surface area contributed by atoms with Crippen LogP contribution < -0.4 is 4.57 Å². The van der Waals surface area contributed by atoms with Crippen LogP contribution in [0.5, 0.6) is 0 Å². The molecule has 0 radical (unpaired) electrons. The van der Waals surface area contributed by atoms with Crippen molar-refractivity contribution >= 4 is 0 Å². The zero-order valence-electron chi connectivity index (χ0n) is 22.1. The van der Waals surface area contributed by atoms with E-state index in [1.807, 2.05) is 0 Å². The molecular formula is C31H53N2+. The van der Waals surface area contributed by atoms with Gasteiger partial charge in [-0.25, -0.2) is 9.13 Å². The lowest BCUT2D eigenvalue weighted by molar-refractivity contribution is -0.686. The van der Waals surface area contributed by atoms with Crippen LogP contribution in [0.2, 0.25) is 0 Å². The van der Waals surface area contributed by atoms with Gasteiger partial charge in [-0.15, -0.1) is 0 Å². The molecule has 0 spiro atoms. The average molecular weight is 454 g/mol. The monoisotopic (exact) mass is 453 g/mol. The Morgan fingerprint density at radius 3 is 1.61 bits per heavy atom. The highest BCUT2D eigenvalue weighted by Crippen LogP contribution is 2.18. The second kappa shape index (κ2) is 18.8. The van der Waals surface area contributed by atoms with Crippen molar-refractivity contribution in [3.63, 3.8) is 0 Å². The number of unbranched alkanes of at least 4 members (excludes halogenated alkanes) is 16. The molecule has 0 fully saturated rings. The number of hydrogen-bond donors (Lipinski definition) is 0. The van der Waals surface area contributed by atoms with Crippen molar-refractivity contribution < 1.29 is 4.57 Å². The molecule has 0 aliphatic carbocycles. The number of hydrogen-bond acceptors (Lipinski definition) is 0. The van der Waals surface area contributed by atoms with E-state index in [1.165, 1.54) is 127 Å². The van der Waals surface area contributed by atoms with E-state index in [2.05, 4.69) is 65.7 Å². The summed E-state index contributed by atoms with van der Waals surface area (Å²) in [5.74, 6) is 1.39. The fraction of sp³-hybridized carbons (Fsp3) is 0.710. The molecular weight excluding hydrogens is 400 g/mol. The van der Waals surface area contributed by atoms with Gasteiger partial charge in [0, 0.05) is 0 Å². The fourth-order valence-corrected chi connectivity index (χ4v) is 4.93. The Morgan fingerprint density at radius 1 is 0.576 bits per heavy atom. The Bertz CT molecular complexity index is 688. The molecule has 0 N–H and O–H groups in total. The first-order valence-corrected chi connectivity index (χ1v) is 14.5. The number of rotatable bonds is 21. The van der Waals surface area contributed by atoms with E-state index in [-0.39, 0.29) is 0 Å². The Kier molecular flexibility index (Phi) is 15.8. The van der Waals surface area contributed by atoms with Gasteiger partial charge in [-0.1, -0.05) is 122 Å². The van der Waals surface area contributed by atoms with Gasteiger partial charge >= 0.3 is 0 Å². The van der Waals surface area contributed by atoms with Crippen LogP contribution in [0.15, 0.2) is 42.7 Å². The summed E-state index contributed by atoms with van der Waals surface area (Å²) in [5, 5.41) is 0. The lowest BCUT2D eigenvalue weighted by Crippen LogP contribution is -2.34. The highest BCUT2D eigenvalue weighted by atomic mass is 15.1. The minimum atomic E-state index is 1.13. The molecule has 2 nitrogen and oxygen atoms in total. The van der Waals surface area contributed by atoms with E-state index in [0.29, 0.717) is 0 Å². The van der Waals surface area contributed by atoms with Crippen molar-refractivity contribution in [2.75, 3.05) is 0 Å². The maximum Gasteiger partial charge on any atom is 0.288 e. The van der Waals surface area contributed by atoms with Crippen molar-refractivity contribution in [3.8, 4) is 11.4 Å². The number of imidazole rings is 1. The molecule has 1 aromatic heterocycles. The van der Waals surface area contributed by atoms with Gasteiger partial charge in [-0.05, 0) is 37.8 Å². The van der Waals surface area contributed by atoms with Crippen LogP contribution in [0.3, 0.4) is 0 Å². The van der Waals surface area contributed by atoms with Gasteiger partial charge in [-0.3, -0.25) is 0 Å². The number of nitrogens with zero attached hydrogens (tertiary/aromatic N) is 2. The van der Waals surface area contributed by atoms with Gasteiger partial charge in [0.05, 0.1) is 18.7 Å². The third-order valence-corrected chi connectivity index (χ3v) is 7.01. The van der Waals surface area contributed by atoms with Gasteiger partial charge < -0.3 is 0 Å². The molecule has 2 rings (SSSR count). The van der Waals surface area contributed by atoms with E-state index < -0.39 is 0 Å². The lowest BCUT2D eigenvalue weighted by atomic mass is 10.0. The molecule has 2 aromatic rings. The summed E-state index contributed by atoms with van der Waals surface area (Å²) in [6, 6.07) is 11.0. The van der Waals surface area contributed by atoms with Crippen molar-refractivity contribution in [3.05, 3.63) is 42.7 Å². The molecule has 1 aromatic carbocycles. The Labute approximate surface area is 205 Å². The predicted octanol–water partition coefficient (Wildman–Crippen LogP) is 9.50. The first-order valence-electron chi connectivity index (χ1n) is 14.5. The highest BCUT2D eigenvalue weighted by Gasteiger charge is 2.18. The fourth-order valence-electron chi connectivity index (χ4n) is 4.93. The second-order valence-corrected chi connectivity index (χ2v) is 10.0. The van der Waals surface area contributed by atoms with E-state index in [0.717, 1.165) is 13.1 Å². The van der Waals surface area contributed by atoms with Gasteiger partial charge in [0.2, 0.25) is 0 Å². The van der Waals surface area contributed by atoms with E-state index >= 15 is 0 Å². The molecule has 0 aliphatic heterocycles. The normalized spacial score (nSPS) is 11.3. The Balaban J connectivity index is 1.57. The lowest BCUT2D eigenvalue weighted by Gasteiger charge is -2.06. The summed E-state index contributed by atoms with van der Waals surface area (Å²) in [4.78, 5) is 0. The van der Waals surface area contributed by atoms with Gasteiger partial charge in [0.15, 0.2) is 0 Å². The summed E-state index contributed by atoms with van der Waals surface area (Å²) in [7, 11) is 0. The topological polar surface area (TPSA) is 8.81 Å². The predicted molar refractivity (Wildman–Crippen MR) is 145 cm³/mol. The highest BCUT2D eigenvalue weighted by molar-refractivity contribution is 5.52. The quantitative estimate of drug-likeness (QED) is 0.131. The third kappa shape index (κ3) is 11.9. The van der Waals surface area contributed by atoms with Crippen LogP contribution in [-0.2, 0) is 13.1 Å². The third-order valence-electron chi connectivity index (χ3n) is 7.01. The van der Waals surface area contributed by atoms with E-state index in [1.54, 1.807) is 0 Å². The summed E-state index contributed by atoms with van der Waals surface area (Å²) >= 11 is 0. The minimum absolute atomic E-state index is 1.13. The van der Waals surface area contributed by atoms with Crippen molar-refractivity contribution in [1.29, 1.82) is 0 Å². The zero-order valence-corrected chi connectivity index (χ0v) is 22.1. The van der Waals surface area contributed by atoms with Crippen molar-refractivity contribution in [2.45, 2.75) is 143 Å². The number of aryl methyl sites for hydroxylation is 2. The first-order chi connectivity index (χ1) is 16.4. The van der Waals surface area contributed by atoms with Gasteiger partial charge in [0.25, 0.3) is 5.82 Å². The van der Waals surface area contributed by atoms with E-state index in [9.17, 15) is 0 Å². The van der Waals surface area contributed by atoms with Gasteiger partial charge in [-0.2, -0.15) is 0 Å². The minimum Gasteiger partial charge on any atom is -0.230 e. The summed E-state index contributed by atoms with van der Waals surface area (Å²) in [6.07, 6.45) is 29.8. The standard InChI is InChI=1S/C31H53N2/c1-3-5-7-8-9-10-11-12-13-14-15-16-17-18-23-27-33-29-28-32(26-22-6-4-2)31(33)30-24-20-19-21-25-30/h19-21,24-25,28-29H,3-18,22-23,26-27H2,1-2H3/q+1.